The van der Waals surface area contributed by atoms with Gasteiger partial charge in [-0.05, 0) is 64.9 Å². The van der Waals surface area contributed by atoms with Crippen molar-refractivity contribution in [3.8, 4) is 16.9 Å². The Bertz CT molecular complexity index is 1080. The summed E-state index contributed by atoms with van der Waals surface area (Å²) in [4.78, 5) is 12.4. The number of benzene rings is 3. The molecule has 3 nitrogen and oxygen atoms in total. The number of carbonyl (C=O) groups is 1. The predicted octanol–water partition coefficient (Wildman–Crippen LogP) is 6.50. The van der Waals surface area contributed by atoms with E-state index < -0.39 is 0 Å². The van der Waals surface area contributed by atoms with E-state index in [-0.39, 0.29) is 28.5 Å². The minimum absolute atomic E-state index is 0.0618. The van der Waals surface area contributed by atoms with Crippen LogP contribution in [0.15, 0.2) is 60.7 Å². The highest BCUT2D eigenvalue weighted by Gasteiger charge is 2.23. The zero-order chi connectivity index (χ0) is 21.9. The van der Waals surface area contributed by atoms with Gasteiger partial charge in [0.05, 0.1) is 15.6 Å². The van der Waals surface area contributed by atoms with Crippen molar-refractivity contribution < 1.29 is 14.3 Å². The van der Waals surface area contributed by atoms with Crippen LogP contribution in [0.2, 0.25) is 10.0 Å². The average Bonchev–Trinajstić information content (AvgIpc) is 2.70. The van der Waals surface area contributed by atoms with E-state index in [4.69, 9.17) is 23.2 Å². The monoisotopic (exact) mass is 445 g/mol. The van der Waals surface area contributed by atoms with E-state index in [2.05, 4.69) is 5.32 Å². The third kappa shape index (κ3) is 5.32. The molecule has 0 saturated carbocycles. The minimum Gasteiger partial charge on any atom is -0.507 e. The summed E-state index contributed by atoms with van der Waals surface area (Å²) in [5.74, 6) is -0.747. The van der Waals surface area contributed by atoms with Crippen LogP contribution in [0.25, 0.3) is 11.1 Å². The topological polar surface area (TPSA) is 49.3 Å². The van der Waals surface area contributed by atoms with Crippen LogP contribution in [0.4, 0.5) is 4.39 Å². The minimum atomic E-state index is -0.343. The molecule has 0 bridgehead atoms. The first-order valence-corrected chi connectivity index (χ1v) is 10.2. The van der Waals surface area contributed by atoms with Gasteiger partial charge in [-0.3, -0.25) is 4.79 Å². The number of amides is 1. The molecule has 3 rings (SSSR count). The largest absolute Gasteiger partial charge is 0.507 e. The van der Waals surface area contributed by atoms with Crippen LogP contribution in [-0.2, 0) is 6.42 Å². The quantitative estimate of drug-likeness (QED) is 0.454. The molecule has 30 heavy (non-hydrogen) atoms. The van der Waals surface area contributed by atoms with E-state index in [9.17, 15) is 14.3 Å². The summed E-state index contributed by atoms with van der Waals surface area (Å²) in [6.07, 6.45) is 0.587. The standard InChI is InChI=1S/C24H22Cl2FNO2/c1-24(2,14-28-23(30)18-5-3-4-6-22(18)29)13-16-7-9-17(27)12-19(16)15-8-10-20(25)21(26)11-15/h3-12,29H,13-14H2,1-2H3,(H,28,30). The maximum atomic E-state index is 14.0. The summed E-state index contributed by atoms with van der Waals surface area (Å²) in [7, 11) is 0. The summed E-state index contributed by atoms with van der Waals surface area (Å²) in [5.41, 5.74) is 2.33. The van der Waals surface area contributed by atoms with Crippen LogP contribution in [0.3, 0.4) is 0 Å². The van der Waals surface area contributed by atoms with Crippen molar-refractivity contribution >= 4 is 29.1 Å². The number of phenols is 1. The maximum absolute atomic E-state index is 14.0. The second-order valence-electron chi connectivity index (χ2n) is 7.97. The fraction of sp³-hybridized carbons (Fsp3) is 0.208. The smallest absolute Gasteiger partial charge is 0.255 e. The number of aromatic hydroxyl groups is 1. The molecule has 0 unspecified atom stereocenters. The molecule has 2 N–H and O–H groups in total. The highest BCUT2D eigenvalue weighted by molar-refractivity contribution is 6.42. The van der Waals surface area contributed by atoms with E-state index >= 15 is 0 Å². The number of halogens is 3. The molecule has 6 heteroatoms. The second kappa shape index (κ2) is 9.07. The molecule has 3 aromatic carbocycles. The highest BCUT2D eigenvalue weighted by Crippen LogP contribution is 2.34. The van der Waals surface area contributed by atoms with Crippen molar-refractivity contribution in [2.24, 2.45) is 5.41 Å². The first-order chi connectivity index (χ1) is 14.2. The Balaban J connectivity index is 1.80. The molecule has 0 atom stereocenters. The van der Waals surface area contributed by atoms with Crippen molar-refractivity contribution in [2.45, 2.75) is 20.3 Å². The van der Waals surface area contributed by atoms with Crippen molar-refractivity contribution in [3.63, 3.8) is 0 Å². The molecule has 1 amide bonds. The van der Waals surface area contributed by atoms with Gasteiger partial charge in [0, 0.05) is 6.54 Å². The molecule has 3 aromatic rings. The zero-order valence-corrected chi connectivity index (χ0v) is 18.2. The van der Waals surface area contributed by atoms with Crippen LogP contribution in [0.1, 0.15) is 29.8 Å². The number of nitrogens with one attached hydrogen (secondary N) is 1. The Kier molecular flexibility index (Phi) is 6.69. The maximum Gasteiger partial charge on any atom is 0.255 e. The highest BCUT2D eigenvalue weighted by atomic mass is 35.5. The van der Waals surface area contributed by atoms with E-state index in [1.165, 1.54) is 18.2 Å². The van der Waals surface area contributed by atoms with E-state index in [0.29, 0.717) is 23.0 Å². The number of para-hydroxylation sites is 1. The Hall–Kier alpha value is -2.56. The van der Waals surface area contributed by atoms with Gasteiger partial charge in [0.15, 0.2) is 0 Å². The number of rotatable bonds is 6. The molecule has 0 heterocycles. The number of phenolic OH excluding ortho intramolecular Hbond substituents is 1. The summed E-state index contributed by atoms with van der Waals surface area (Å²) in [6, 6.07) is 16.3. The van der Waals surface area contributed by atoms with Crippen molar-refractivity contribution in [1.29, 1.82) is 0 Å². The molecule has 0 saturated heterocycles. The second-order valence-corrected chi connectivity index (χ2v) is 8.79. The molecule has 0 fully saturated rings. The van der Waals surface area contributed by atoms with E-state index in [1.807, 2.05) is 13.8 Å². The first-order valence-electron chi connectivity index (χ1n) is 9.46. The van der Waals surface area contributed by atoms with Gasteiger partial charge in [0.1, 0.15) is 11.6 Å². The normalized spacial score (nSPS) is 11.4. The molecule has 0 aliphatic heterocycles. The van der Waals surface area contributed by atoms with E-state index in [0.717, 1.165) is 16.7 Å². The lowest BCUT2D eigenvalue weighted by atomic mass is 9.83. The third-order valence-electron chi connectivity index (χ3n) is 4.85. The fourth-order valence-corrected chi connectivity index (χ4v) is 3.59. The van der Waals surface area contributed by atoms with Gasteiger partial charge < -0.3 is 10.4 Å². The summed E-state index contributed by atoms with van der Waals surface area (Å²) >= 11 is 12.2. The van der Waals surface area contributed by atoms with E-state index in [1.54, 1.807) is 42.5 Å². The number of carbonyl (C=O) groups excluding carboxylic acids is 1. The SMILES string of the molecule is CC(C)(CNC(=O)c1ccccc1O)Cc1ccc(F)cc1-c1ccc(Cl)c(Cl)c1. The van der Waals surface area contributed by atoms with Gasteiger partial charge in [-0.15, -0.1) is 0 Å². The molecule has 0 radical (unpaired) electrons. The molecule has 156 valence electrons. The molecule has 0 aromatic heterocycles. The first kappa shape index (κ1) is 22.1. The van der Waals surface area contributed by atoms with Gasteiger partial charge in [0.25, 0.3) is 5.91 Å². The Morgan fingerprint density at radius 3 is 2.47 bits per heavy atom. The summed E-state index contributed by atoms with van der Waals surface area (Å²) < 4.78 is 14.0. The van der Waals surface area contributed by atoms with Gasteiger partial charge >= 0.3 is 0 Å². The lowest BCUT2D eigenvalue weighted by molar-refractivity contribution is 0.0933. The van der Waals surface area contributed by atoms with Crippen molar-refractivity contribution in [1.82, 2.24) is 5.32 Å². The van der Waals surface area contributed by atoms with Crippen LogP contribution < -0.4 is 5.32 Å². The average molecular weight is 446 g/mol. The zero-order valence-electron chi connectivity index (χ0n) is 16.7. The lowest BCUT2D eigenvalue weighted by Gasteiger charge is -2.26. The summed E-state index contributed by atoms with van der Waals surface area (Å²) in [6.45, 7) is 4.40. The lowest BCUT2D eigenvalue weighted by Crippen LogP contribution is -2.35. The molecule has 0 spiro atoms. The molecular formula is C24H22Cl2FNO2. The van der Waals surface area contributed by atoms with Gasteiger partial charge in [0.2, 0.25) is 0 Å². The van der Waals surface area contributed by atoms with Gasteiger partial charge in [-0.1, -0.05) is 61.3 Å². The molecular weight excluding hydrogens is 424 g/mol. The number of hydrogen-bond donors (Lipinski definition) is 2. The Labute approximate surface area is 185 Å². The van der Waals surface area contributed by atoms with Crippen molar-refractivity contribution in [3.05, 3.63) is 87.7 Å². The van der Waals surface area contributed by atoms with Crippen molar-refractivity contribution in [2.75, 3.05) is 6.54 Å². The van der Waals surface area contributed by atoms with Crippen LogP contribution in [0.5, 0.6) is 5.75 Å². The molecule has 0 aliphatic carbocycles. The van der Waals surface area contributed by atoms with Crippen LogP contribution >= 0.6 is 23.2 Å². The number of hydrogen-bond acceptors (Lipinski definition) is 2. The van der Waals surface area contributed by atoms with Gasteiger partial charge in [-0.25, -0.2) is 4.39 Å². The van der Waals surface area contributed by atoms with Crippen LogP contribution in [-0.4, -0.2) is 17.6 Å². The fourth-order valence-electron chi connectivity index (χ4n) is 3.29. The molecule has 0 aliphatic rings. The van der Waals surface area contributed by atoms with Gasteiger partial charge in [-0.2, -0.15) is 0 Å². The summed E-state index contributed by atoms with van der Waals surface area (Å²) in [5, 5.41) is 13.6. The predicted molar refractivity (Wildman–Crippen MR) is 120 cm³/mol. The Morgan fingerprint density at radius 2 is 1.77 bits per heavy atom. The van der Waals surface area contributed by atoms with Crippen LogP contribution in [0, 0.1) is 11.2 Å². The Morgan fingerprint density at radius 1 is 1.03 bits per heavy atom. The third-order valence-corrected chi connectivity index (χ3v) is 5.59.